The number of ether oxygens (including phenoxy) is 3. The summed E-state index contributed by atoms with van der Waals surface area (Å²) in [5.41, 5.74) is 6.43. The third-order valence-electron chi connectivity index (χ3n) is 9.13. The molecule has 2 heterocycles. The van der Waals surface area contributed by atoms with Crippen molar-refractivity contribution < 1.29 is 22.6 Å². The Morgan fingerprint density at radius 2 is 1.29 bits per heavy atom. The lowest BCUT2D eigenvalue weighted by Gasteiger charge is -2.26. The lowest BCUT2D eigenvalue weighted by Crippen LogP contribution is -2.31. The fourth-order valence-corrected chi connectivity index (χ4v) is 8.06. The molecule has 264 valence electrons. The summed E-state index contributed by atoms with van der Waals surface area (Å²) in [7, 11) is 0.598. The molecule has 4 aromatic carbocycles. The molecule has 0 saturated carbocycles. The number of hydrogen-bond donors (Lipinski definition) is 0. The normalized spacial score (nSPS) is 12.7. The highest BCUT2D eigenvalue weighted by atomic mass is 32.2. The first-order valence-electron chi connectivity index (χ1n) is 16.8. The molecule has 11 nitrogen and oxygen atoms in total. The molecular formula is C40H38N6O5S. The second-order valence-corrected chi connectivity index (χ2v) is 14.2. The van der Waals surface area contributed by atoms with E-state index in [0.29, 0.717) is 35.0 Å². The van der Waals surface area contributed by atoms with Gasteiger partial charge in [0.05, 0.1) is 32.8 Å². The van der Waals surface area contributed by atoms with Gasteiger partial charge in [-0.25, -0.2) is 13.1 Å². The number of allylic oxidation sites excluding steroid dienone is 1. The number of fused-ring (bicyclic) bond motifs is 1. The Bertz CT molecular complexity index is 2260. The standard InChI is InChI=1S/C40H38N6O5S/c1-49-31-18-12-28(13-19-31)25-45(26-29-14-20-32(50-2)21-15-29)52(47,48)38-11-5-8-36(34-7-4-10-37-35(34)9-6-24-41-37)39(38)40-42-43-44-46(40)27-30-16-22-33(51-3)23-17-30/h5-9,11-24H,4,10,25-27H2,1-3H3. The van der Waals surface area contributed by atoms with Crippen molar-refractivity contribution in [1.82, 2.24) is 29.5 Å². The zero-order chi connectivity index (χ0) is 36.1. The number of tetrazole rings is 1. The number of methoxy groups -OCH3 is 3. The van der Waals surface area contributed by atoms with Crippen LogP contribution in [0.2, 0.25) is 0 Å². The summed E-state index contributed by atoms with van der Waals surface area (Å²) in [4.78, 5) is 4.74. The molecule has 52 heavy (non-hydrogen) atoms. The molecule has 1 aliphatic carbocycles. The smallest absolute Gasteiger partial charge is 0.244 e. The van der Waals surface area contributed by atoms with E-state index in [-0.39, 0.29) is 18.0 Å². The Morgan fingerprint density at radius 3 is 1.88 bits per heavy atom. The molecule has 0 amide bonds. The van der Waals surface area contributed by atoms with Crippen LogP contribution in [0.4, 0.5) is 0 Å². The van der Waals surface area contributed by atoms with Crippen molar-refractivity contribution in [2.75, 3.05) is 21.3 Å². The van der Waals surface area contributed by atoms with Gasteiger partial charge in [-0.15, -0.1) is 5.10 Å². The van der Waals surface area contributed by atoms with Gasteiger partial charge in [0.25, 0.3) is 0 Å². The first-order chi connectivity index (χ1) is 25.4. The van der Waals surface area contributed by atoms with E-state index in [2.05, 4.69) is 26.6 Å². The number of aryl methyl sites for hydroxylation is 1. The summed E-state index contributed by atoms with van der Waals surface area (Å²) in [6.07, 6.45) is 5.48. The molecule has 12 heteroatoms. The fraction of sp³-hybridized carbons (Fsp3) is 0.200. The van der Waals surface area contributed by atoms with Gasteiger partial charge in [0.1, 0.15) is 17.2 Å². The molecule has 6 aromatic rings. The minimum Gasteiger partial charge on any atom is -0.497 e. The van der Waals surface area contributed by atoms with Crippen LogP contribution in [-0.4, -0.2) is 59.2 Å². The molecule has 2 aromatic heterocycles. The monoisotopic (exact) mass is 714 g/mol. The molecule has 0 radical (unpaired) electrons. The summed E-state index contributed by atoms with van der Waals surface area (Å²) in [6, 6.07) is 31.7. The van der Waals surface area contributed by atoms with Crippen LogP contribution in [-0.2, 0) is 36.1 Å². The van der Waals surface area contributed by atoms with Crippen LogP contribution >= 0.6 is 0 Å². The third-order valence-corrected chi connectivity index (χ3v) is 11.0. The van der Waals surface area contributed by atoms with E-state index >= 15 is 8.42 Å². The maximum Gasteiger partial charge on any atom is 0.244 e. The Hall–Kier alpha value is -5.85. The molecule has 0 aliphatic heterocycles. The zero-order valence-electron chi connectivity index (χ0n) is 29.1. The SMILES string of the molecule is COc1ccc(CN(Cc2ccc(OC)cc2)S(=O)(=O)c2cccc(C3=CCCc4ncccc43)c2-c2nnnn2Cc2ccc(OC)cc2)cc1. The van der Waals surface area contributed by atoms with Crippen molar-refractivity contribution in [3.8, 4) is 28.6 Å². The van der Waals surface area contributed by atoms with Gasteiger partial charge >= 0.3 is 0 Å². The minimum absolute atomic E-state index is 0.0923. The first-order valence-corrected chi connectivity index (χ1v) is 18.2. The van der Waals surface area contributed by atoms with Gasteiger partial charge in [-0.3, -0.25) is 4.98 Å². The molecule has 0 unspecified atom stereocenters. The highest BCUT2D eigenvalue weighted by Gasteiger charge is 2.33. The predicted octanol–water partition coefficient (Wildman–Crippen LogP) is 6.58. The van der Waals surface area contributed by atoms with Crippen LogP contribution in [0.1, 0.15) is 39.9 Å². The molecule has 0 bridgehead atoms. The Morgan fingerprint density at radius 1 is 0.712 bits per heavy atom. The van der Waals surface area contributed by atoms with E-state index in [1.165, 1.54) is 4.31 Å². The molecule has 0 atom stereocenters. The predicted molar refractivity (Wildman–Crippen MR) is 197 cm³/mol. The van der Waals surface area contributed by atoms with Crippen LogP contribution < -0.4 is 14.2 Å². The first kappa shape index (κ1) is 34.6. The second-order valence-electron chi connectivity index (χ2n) is 12.3. The number of aromatic nitrogens is 5. The molecule has 0 spiro atoms. The van der Waals surface area contributed by atoms with Crippen molar-refractivity contribution in [1.29, 1.82) is 0 Å². The van der Waals surface area contributed by atoms with Crippen LogP contribution in [0, 0.1) is 0 Å². The summed E-state index contributed by atoms with van der Waals surface area (Å²) in [6.45, 7) is 0.515. The molecule has 0 saturated heterocycles. The van der Waals surface area contributed by atoms with Gasteiger partial charge in [-0.2, -0.15) is 4.31 Å². The second kappa shape index (κ2) is 15.2. The third kappa shape index (κ3) is 7.16. The molecule has 0 N–H and O–H groups in total. The summed E-state index contributed by atoms with van der Waals surface area (Å²) in [5.74, 6) is 2.42. The van der Waals surface area contributed by atoms with Crippen LogP contribution in [0.5, 0.6) is 17.2 Å². The lowest BCUT2D eigenvalue weighted by molar-refractivity contribution is 0.397. The van der Waals surface area contributed by atoms with E-state index in [0.717, 1.165) is 52.1 Å². The zero-order valence-corrected chi connectivity index (χ0v) is 30.0. The highest BCUT2D eigenvalue weighted by molar-refractivity contribution is 7.89. The fourth-order valence-electron chi connectivity index (χ4n) is 6.43. The van der Waals surface area contributed by atoms with E-state index in [4.69, 9.17) is 14.2 Å². The van der Waals surface area contributed by atoms with Crippen LogP contribution in [0.25, 0.3) is 17.0 Å². The average Bonchev–Trinajstić information content (AvgIpc) is 3.65. The van der Waals surface area contributed by atoms with Crippen LogP contribution in [0.3, 0.4) is 0 Å². The van der Waals surface area contributed by atoms with E-state index in [1.54, 1.807) is 44.3 Å². The van der Waals surface area contributed by atoms with Crippen molar-refractivity contribution in [2.24, 2.45) is 0 Å². The van der Waals surface area contributed by atoms with Gasteiger partial charge < -0.3 is 14.2 Å². The van der Waals surface area contributed by atoms with Gasteiger partial charge in [0.2, 0.25) is 10.0 Å². The maximum absolute atomic E-state index is 15.3. The van der Waals surface area contributed by atoms with Gasteiger partial charge in [0, 0.05) is 36.1 Å². The lowest BCUT2D eigenvalue weighted by atomic mass is 9.87. The molecule has 0 fully saturated rings. The number of nitrogens with zero attached hydrogens (tertiary/aromatic N) is 6. The highest BCUT2D eigenvalue weighted by Crippen LogP contribution is 2.40. The van der Waals surface area contributed by atoms with Crippen molar-refractivity contribution in [3.05, 3.63) is 149 Å². The van der Waals surface area contributed by atoms with Crippen LogP contribution in [0.15, 0.2) is 120 Å². The number of pyridine rings is 1. The quantitative estimate of drug-likeness (QED) is 0.131. The van der Waals surface area contributed by atoms with Crippen molar-refractivity contribution in [2.45, 2.75) is 37.4 Å². The Balaban J connectivity index is 1.39. The number of rotatable bonds is 13. The van der Waals surface area contributed by atoms with E-state index < -0.39 is 10.0 Å². The van der Waals surface area contributed by atoms with Crippen molar-refractivity contribution in [3.63, 3.8) is 0 Å². The molecule has 1 aliphatic rings. The average molecular weight is 715 g/mol. The van der Waals surface area contributed by atoms with E-state index in [9.17, 15) is 0 Å². The van der Waals surface area contributed by atoms with Gasteiger partial charge in [-0.05, 0) is 99.6 Å². The maximum atomic E-state index is 15.3. The summed E-state index contributed by atoms with van der Waals surface area (Å²) >= 11 is 0. The number of hydrogen-bond acceptors (Lipinski definition) is 9. The molecular weight excluding hydrogens is 677 g/mol. The number of sulfonamides is 1. The number of benzene rings is 4. The van der Waals surface area contributed by atoms with Crippen molar-refractivity contribution >= 4 is 15.6 Å². The topological polar surface area (TPSA) is 122 Å². The minimum atomic E-state index is -4.22. The Labute approximate surface area is 303 Å². The van der Waals surface area contributed by atoms with Gasteiger partial charge in [0.15, 0.2) is 5.82 Å². The largest absolute Gasteiger partial charge is 0.497 e. The summed E-state index contributed by atoms with van der Waals surface area (Å²) in [5, 5.41) is 12.9. The van der Waals surface area contributed by atoms with Gasteiger partial charge in [-0.1, -0.05) is 60.7 Å². The summed E-state index contributed by atoms with van der Waals surface area (Å²) < 4.78 is 49.8. The van der Waals surface area contributed by atoms with E-state index in [1.807, 2.05) is 91.0 Å². The molecule has 7 rings (SSSR count). The Kier molecular flexibility index (Phi) is 10.1.